The molecule has 0 spiro atoms. The Kier molecular flexibility index (Phi) is 4.54. The highest BCUT2D eigenvalue weighted by molar-refractivity contribution is 4.95. The van der Waals surface area contributed by atoms with Gasteiger partial charge in [-0.3, -0.25) is 4.68 Å². The van der Waals surface area contributed by atoms with E-state index in [0.29, 0.717) is 12.3 Å². The highest BCUT2D eigenvalue weighted by atomic mass is 16.3. The van der Waals surface area contributed by atoms with Crippen molar-refractivity contribution in [2.24, 2.45) is 13.0 Å². The predicted octanol–water partition coefficient (Wildman–Crippen LogP) is 2.08. The number of hydrogen-bond donors (Lipinski definition) is 1. The lowest BCUT2D eigenvalue weighted by Gasteiger charge is -2.24. The monoisotopic (exact) mass is 237 g/mol. The molecule has 0 saturated heterocycles. The summed E-state index contributed by atoms with van der Waals surface area (Å²) in [6.45, 7) is 0. The van der Waals surface area contributed by atoms with Crippen LogP contribution < -0.4 is 0 Å². The lowest BCUT2D eigenvalue weighted by Crippen LogP contribution is -2.24. The Hall–Kier alpha value is -0.900. The topological polar surface area (TPSA) is 50.9 Å². The van der Waals surface area contributed by atoms with Crippen molar-refractivity contribution >= 4 is 0 Å². The molecule has 17 heavy (non-hydrogen) atoms. The summed E-state index contributed by atoms with van der Waals surface area (Å²) in [5, 5.41) is 18.2. The molecule has 1 saturated carbocycles. The summed E-state index contributed by atoms with van der Waals surface area (Å²) in [6, 6.07) is 0. The number of aromatic nitrogens is 3. The first-order chi connectivity index (χ1) is 8.25. The van der Waals surface area contributed by atoms with E-state index in [-0.39, 0.29) is 6.10 Å². The van der Waals surface area contributed by atoms with E-state index in [1.54, 1.807) is 4.68 Å². The van der Waals surface area contributed by atoms with E-state index in [2.05, 4.69) is 10.3 Å². The van der Waals surface area contributed by atoms with Gasteiger partial charge in [-0.15, -0.1) is 5.10 Å². The van der Waals surface area contributed by atoms with Crippen LogP contribution in [0.1, 0.15) is 50.6 Å². The fourth-order valence-corrected chi connectivity index (χ4v) is 2.74. The Morgan fingerprint density at radius 2 is 1.94 bits per heavy atom. The van der Waals surface area contributed by atoms with Crippen molar-refractivity contribution < 1.29 is 5.11 Å². The Balaban J connectivity index is 1.86. The van der Waals surface area contributed by atoms with Crippen LogP contribution in [0.2, 0.25) is 0 Å². The van der Waals surface area contributed by atoms with E-state index < -0.39 is 0 Å². The van der Waals surface area contributed by atoms with Gasteiger partial charge in [0, 0.05) is 19.7 Å². The van der Waals surface area contributed by atoms with Gasteiger partial charge in [-0.1, -0.05) is 37.3 Å². The minimum atomic E-state index is -0.246. The quantitative estimate of drug-likeness (QED) is 0.875. The first kappa shape index (κ1) is 12.6. The van der Waals surface area contributed by atoms with Crippen molar-refractivity contribution in [2.45, 2.75) is 57.5 Å². The molecule has 0 aromatic carbocycles. The molecule has 96 valence electrons. The molecule has 2 rings (SSSR count). The average molecular weight is 237 g/mol. The predicted molar refractivity (Wildman–Crippen MR) is 66.5 cm³/mol. The Bertz CT molecular complexity index is 329. The normalized spacial score (nSPS) is 20.8. The first-order valence-electron chi connectivity index (χ1n) is 6.79. The molecule has 0 amide bonds. The summed E-state index contributed by atoms with van der Waals surface area (Å²) in [6.07, 6.45) is 11.2. The molecule has 1 heterocycles. The van der Waals surface area contributed by atoms with E-state index >= 15 is 0 Å². The summed E-state index contributed by atoms with van der Waals surface area (Å²) >= 11 is 0. The number of rotatable bonds is 3. The largest absolute Gasteiger partial charge is 0.392 e. The van der Waals surface area contributed by atoms with E-state index in [9.17, 15) is 5.11 Å². The molecule has 1 unspecified atom stereocenters. The van der Waals surface area contributed by atoms with Crippen molar-refractivity contribution in [3.8, 4) is 0 Å². The Morgan fingerprint density at radius 3 is 2.53 bits per heavy atom. The van der Waals surface area contributed by atoms with Crippen LogP contribution in [0.5, 0.6) is 0 Å². The fraction of sp³-hybridized carbons (Fsp3) is 0.846. The Labute approximate surface area is 103 Å². The van der Waals surface area contributed by atoms with Crippen molar-refractivity contribution in [1.29, 1.82) is 0 Å². The zero-order valence-corrected chi connectivity index (χ0v) is 10.7. The Morgan fingerprint density at radius 1 is 1.29 bits per heavy atom. The molecule has 1 aliphatic rings. The minimum absolute atomic E-state index is 0.246. The third-order valence-corrected chi connectivity index (χ3v) is 3.76. The summed E-state index contributed by atoms with van der Waals surface area (Å²) in [5.74, 6) is 0.456. The van der Waals surface area contributed by atoms with Gasteiger partial charge in [0.25, 0.3) is 0 Å². The van der Waals surface area contributed by atoms with Crippen molar-refractivity contribution in [3.05, 3.63) is 11.9 Å². The number of nitrogens with zero attached hydrogens (tertiary/aromatic N) is 3. The summed E-state index contributed by atoms with van der Waals surface area (Å²) in [7, 11) is 1.86. The standard InChI is InChI=1S/C13H23N3O/c1-16-10-12(14-15-16)9-13(17)11-7-5-3-2-4-6-8-11/h10-11,13,17H,2-9H2,1H3. The molecule has 1 aromatic heterocycles. The van der Waals surface area contributed by atoms with Crippen molar-refractivity contribution in [2.75, 3.05) is 0 Å². The lowest BCUT2D eigenvalue weighted by molar-refractivity contribution is 0.0904. The van der Waals surface area contributed by atoms with Gasteiger partial charge < -0.3 is 5.11 Å². The number of aliphatic hydroxyl groups excluding tert-OH is 1. The van der Waals surface area contributed by atoms with E-state index in [4.69, 9.17) is 0 Å². The van der Waals surface area contributed by atoms with Gasteiger partial charge in [0.15, 0.2) is 0 Å². The third-order valence-electron chi connectivity index (χ3n) is 3.76. The first-order valence-corrected chi connectivity index (χ1v) is 6.79. The van der Waals surface area contributed by atoms with Gasteiger partial charge in [0.05, 0.1) is 11.8 Å². The smallest absolute Gasteiger partial charge is 0.0852 e. The third kappa shape index (κ3) is 3.80. The maximum absolute atomic E-state index is 10.3. The van der Waals surface area contributed by atoms with Crippen LogP contribution in [0.25, 0.3) is 0 Å². The molecule has 4 nitrogen and oxygen atoms in total. The van der Waals surface area contributed by atoms with Crippen molar-refractivity contribution in [1.82, 2.24) is 15.0 Å². The molecule has 0 aliphatic heterocycles. The van der Waals surface area contributed by atoms with Crippen LogP contribution in [-0.4, -0.2) is 26.2 Å². The van der Waals surface area contributed by atoms with Crippen LogP contribution in [0.3, 0.4) is 0 Å². The van der Waals surface area contributed by atoms with Gasteiger partial charge in [-0.2, -0.15) is 0 Å². The molecule has 1 fully saturated rings. The summed E-state index contributed by atoms with van der Waals surface area (Å²) in [4.78, 5) is 0. The van der Waals surface area contributed by atoms with Crippen LogP contribution in [0.4, 0.5) is 0 Å². The van der Waals surface area contributed by atoms with Gasteiger partial charge in [0.1, 0.15) is 0 Å². The molecular formula is C13H23N3O. The van der Waals surface area contributed by atoms with Crippen LogP contribution >= 0.6 is 0 Å². The maximum atomic E-state index is 10.3. The van der Waals surface area contributed by atoms with Gasteiger partial charge in [-0.25, -0.2) is 0 Å². The zero-order chi connectivity index (χ0) is 12.1. The molecule has 4 heteroatoms. The second-order valence-corrected chi connectivity index (χ2v) is 5.26. The SMILES string of the molecule is Cn1cc(CC(O)C2CCCCCCC2)nn1. The number of aliphatic hydroxyl groups is 1. The van der Waals surface area contributed by atoms with Crippen LogP contribution in [-0.2, 0) is 13.5 Å². The molecule has 0 bridgehead atoms. The number of hydrogen-bond acceptors (Lipinski definition) is 3. The maximum Gasteiger partial charge on any atom is 0.0852 e. The highest BCUT2D eigenvalue weighted by Gasteiger charge is 2.21. The summed E-state index contributed by atoms with van der Waals surface area (Å²) in [5.41, 5.74) is 0.905. The molecule has 1 atom stereocenters. The van der Waals surface area contributed by atoms with Crippen molar-refractivity contribution in [3.63, 3.8) is 0 Å². The van der Waals surface area contributed by atoms with E-state index in [1.165, 1.54) is 44.9 Å². The molecule has 0 radical (unpaired) electrons. The molecular weight excluding hydrogens is 214 g/mol. The van der Waals surface area contributed by atoms with Crippen LogP contribution in [0.15, 0.2) is 6.20 Å². The molecule has 1 aromatic rings. The lowest BCUT2D eigenvalue weighted by atomic mass is 9.86. The van der Waals surface area contributed by atoms with Gasteiger partial charge in [-0.05, 0) is 18.8 Å². The van der Waals surface area contributed by atoms with Gasteiger partial charge >= 0.3 is 0 Å². The average Bonchev–Trinajstić information content (AvgIpc) is 2.63. The minimum Gasteiger partial charge on any atom is -0.392 e. The summed E-state index contributed by atoms with van der Waals surface area (Å²) < 4.78 is 1.69. The second-order valence-electron chi connectivity index (χ2n) is 5.26. The zero-order valence-electron chi connectivity index (χ0n) is 10.7. The van der Waals surface area contributed by atoms with Gasteiger partial charge in [0.2, 0.25) is 0 Å². The fourth-order valence-electron chi connectivity index (χ4n) is 2.74. The molecule has 1 N–H and O–H groups in total. The highest BCUT2D eigenvalue weighted by Crippen LogP contribution is 2.26. The molecule has 1 aliphatic carbocycles. The second kappa shape index (κ2) is 6.15. The number of aryl methyl sites for hydroxylation is 1. The van der Waals surface area contributed by atoms with Crippen LogP contribution in [0, 0.1) is 5.92 Å². The van der Waals surface area contributed by atoms with E-state index in [1.807, 2.05) is 13.2 Å². The van der Waals surface area contributed by atoms with E-state index in [0.717, 1.165) is 5.69 Å².